The molecule has 1 aliphatic heterocycles. The minimum absolute atomic E-state index is 0.0351. The number of benzene rings is 2. The highest BCUT2D eigenvalue weighted by atomic mass is 19.1. The first-order chi connectivity index (χ1) is 14.5. The molecule has 30 heavy (non-hydrogen) atoms. The summed E-state index contributed by atoms with van der Waals surface area (Å²) in [6.45, 7) is 4.39. The number of hydrogen-bond donors (Lipinski definition) is 1. The van der Waals surface area contributed by atoms with Crippen LogP contribution >= 0.6 is 0 Å². The van der Waals surface area contributed by atoms with Crippen molar-refractivity contribution in [3.05, 3.63) is 59.4 Å². The van der Waals surface area contributed by atoms with Gasteiger partial charge in [-0.2, -0.15) is 0 Å². The minimum atomic E-state index is -0.708. The van der Waals surface area contributed by atoms with Crippen molar-refractivity contribution in [1.29, 1.82) is 0 Å². The van der Waals surface area contributed by atoms with E-state index >= 15 is 0 Å². The fourth-order valence-corrected chi connectivity index (χ4v) is 3.28. The molecule has 0 aliphatic carbocycles. The van der Waals surface area contributed by atoms with Gasteiger partial charge < -0.3 is 19.7 Å². The number of hydrogen-bond acceptors (Lipinski definition) is 4. The van der Waals surface area contributed by atoms with Crippen LogP contribution in [0.3, 0.4) is 0 Å². The molecule has 6 nitrogen and oxygen atoms in total. The Morgan fingerprint density at radius 3 is 2.70 bits per heavy atom. The molecule has 1 atom stereocenters. The van der Waals surface area contributed by atoms with Gasteiger partial charge in [0.05, 0.1) is 0 Å². The SMILES string of the molecule is CCCNC(=O)C(C)N(Cc1ccccc1F)C(=O)CCc1ccc2c(c1)OCO2. The Hall–Kier alpha value is -3.09. The van der Waals surface area contributed by atoms with Crippen molar-refractivity contribution in [2.24, 2.45) is 0 Å². The Morgan fingerprint density at radius 2 is 1.93 bits per heavy atom. The summed E-state index contributed by atoms with van der Waals surface area (Å²) in [6, 6.07) is 11.2. The number of fused-ring (bicyclic) bond motifs is 1. The molecule has 160 valence electrons. The van der Waals surface area contributed by atoms with Crippen molar-refractivity contribution >= 4 is 11.8 Å². The van der Waals surface area contributed by atoms with Gasteiger partial charge in [-0.1, -0.05) is 31.2 Å². The molecule has 7 heteroatoms. The van der Waals surface area contributed by atoms with Crippen LogP contribution in [0.2, 0.25) is 0 Å². The van der Waals surface area contributed by atoms with Gasteiger partial charge in [0.15, 0.2) is 11.5 Å². The number of nitrogens with one attached hydrogen (secondary N) is 1. The second-order valence-corrected chi connectivity index (χ2v) is 7.27. The molecular weight excluding hydrogens is 387 g/mol. The second kappa shape index (κ2) is 10.1. The van der Waals surface area contributed by atoms with E-state index in [2.05, 4.69) is 5.32 Å². The minimum Gasteiger partial charge on any atom is -0.454 e. The molecule has 0 fully saturated rings. The first-order valence-electron chi connectivity index (χ1n) is 10.2. The largest absolute Gasteiger partial charge is 0.454 e. The zero-order chi connectivity index (χ0) is 21.5. The third-order valence-corrected chi connectivity index (χ3v) is 5.08. The molecule has 0 saturated heterocycles. The van der Waals surface area contributed by atoms with E-state index in [0.29, 0.717) is 30.0 Å². The van der Waals surface area contributed by atoms with Gasteiger partial charge >= 0.3 is 0 Å². The fraction of sp³-hybridized carbons (Fsp3) is 0.391. The van der Waals surface area contributed by atoms with Gasteiger partial charge in [-0.25, -0.2) is 4.39 Å². The van der Waals surface area contributed by atoms with Crippen molar-refractivity contribution in [2.75, 3.05) is 13.3 Å². The summed E-state index contributed by atoms with van der Waals surface area (Å²) >= 11 is 0. The summed E-state index contributed by atoms with van der Waals surface area (Å²) in [5, 5.41) is 2.81. The lowest BCUT2D eigenvalue weighted by Gasteiger charge is -2.29. The maximum Gasteiger partial charge on any atom is 0.242 e. The monoisotopic (exact) mass is 414 g/mol. The molecule has 2 aromatic rings. The van der Waals surface area contributed by atoms with Crippen LogP contribution < -0.4 is 14.8 Å². The maximum absolute atomic E-state index is 14.2. The fourth-order valence-electron chi connectivity index (χ4n) is 3.28. The van der Waals surface area contributed by atoms with Crippen LogP contribution in [0.1, 0.15) is 37.8 Å². The van der Waals surface area contributed by atoms with E-state index in [4.69, 9.17) is 9.47 Å². The zero-order valence-corrected chi connectivity index (χ0v) is 17.3. The van der Waals surface area contributed by atoms with Gasteiger partial charge in [-0.3, -0.25) is 9.59 Å². The van der Waals surface area contributed by atoms with E-state index in [0.717, 1.165) is 12.0 Å². The number of carbonyl (C=O) groups excluding carboxylic acids is 2. The number of ether oxygens (including phenoxy) is 2. The summed E-state index contributed by atoms with van der Waals surface area (Å²) < 4.78 is 24.9. The molecule has 0 radical (unpaired) electrons. The van der Waals surface area contributed by atoms with Crippen LogP contribution in [0, 0.1) is 5.82 Å². The van der Waals surface area contributed by atoms with Crippen LogP contribution in [0.25, 0.3) is 0 Å². The van der Waals surface area contributed by atoms with E-state index in [1.807, 2.05) is 25.1 Å². The van der Waals surface area contributed by atoms with Crippen molar-refractivity contribution in [3.8, 4) is 11.5 Å². The molecular formula is C23H27FN2O4. The molecule has 2 aromatic carbocycles. The van der Waals surface area contributed by atoms with Crippen LogP contribution in [0.4, 0.5) is 4.39 Å². The molecule has 3 rings (SSSR count). The van der Waals surface area contributed by atoms with Crippen molar-refractivity contribution in [1.82, 2.24) is 10.2 Å². The van der Waals surface area contributed by atoms with Gasteiger partial charge in [-0.15, -0.1) is 0 Å². The molecule has 0 bridgehead atoms. The number of halogens is 1. The summed E-state index contributed by atoms with van der Waals surface area (Å²) in [6.07, 6.45) is 1.47. The number of nitrogens with zero attached hydrogens (tertiary/aromatic N) is 1. The van der Waals surface area contributed by atoms with Crippen molar-refractivity contribution in [2.45, 2.75) is 45.7 Å². The Kier molecular flexibility index (Phi) is 7.27. The lowest BCUT2D eigenvalue weighted by molar-refractivity contribution is -0.140. The van der Waals surface area contributed by atoms with Crippen LogP contribution in [0.5, 0.6) is 11.5 Å². The number of rotatable bonds is 9. The molecule has 1 N–H and O–H groups in total. The molecule has 2 amide bonds. The summed E-state index contributed by atoms with van der Waals surface area (Å²) in [4.78, 5) is 27.0. The highest BCUT2D eigenvalue weighted by Crippen LogP contribution is 2.32. The van der Waals surface area contributed by atoms with Gasteiger partial charge in [0.2, 0.25) is 18.6 Å². The Bertz CT molecular complexity index is 903. The molecule has 0 aromatic heterocycles. The third-order valence-electron chi connectivity index (χ3n) is 5.08. The van der Waals surface area contributed by atoms with Gasteiger partial charge in [0.25, 0.3) is 0 Å². The summed E-state index contributed by atoms with van der Waals surface area (Å²) in [5.41, 5.74) is 1.31. The highest BCUT2D eigenvalue weighted by Gasteiger charge is 2.26. The van der Waals surface area contributed by atoms with Crippen LogP contribution in [0.15, 0.2) is 42.5 Å². The molecule has 1 unspecified atom stereocenters. The van der Waals surface area contributed by atoms with E-state index < -0.39 is 11.9 Å². The summed E-state index contributed by atoms with van der Waals surface area (Å²) in [5.74, 6) is 0.495. The van der Waals surface area contributed by atoms with E-state index in [-0.39, 0.29) is 31.6 Å². The maximum atomic E-state index is 14.2. The number of carbonyl (C=O) groups is 2. The number of amides is 2. The third kappa shape index (κ3) is 5.28. The summed E-state index contributed by atoms with van der Waals surface area (Å²) in [7, 11) is 0. The normalized spacial score (nSPS) is 13.0. The first kappa shape index (κ1) is 21.6. The molecule has 0 spiro atoms. The lowest BCUT2D eigenvalue weighted by Crippen LogP contribution is -2.47. The molecule has 0 saturated carbocycles. The first-order valence-corrected chi connectivity index (χ1v) is 10.2. The molecule has 1 heterocycles. The van der Waals surface area contributed by atoms with Crippen molar-refractivity contribution in [3.63, 3.8) is 0 Å². The quantitative estimate of drug-likeness (QED) is 0.683. The van der Waals surface area contributed by atoms with E-state index in [9.17, 15) is 14.0 Å². The standard InChI is InChI=1S/C23H27FN2O4/c1-3-12-25-23(28)16(2)26(14-18-6-4-5-7-19(18)24)22(27)11-9-17-8-10-20-21(13-17)30-15-29-20/h4-8,10,13,16H,3,9,11-12,14-15H2,1-2H3,(H,25,28). The molecule has 1 aliphatic rings. The van der Waals surface area contributed by atoms with Gasteiger partial charge in [-0.05, 0) is 43.5 Å². The Morgan fingerprint density at radius 1 is 1.17 bits per heavy atom. The smallest absolute Gasteiger partial charge is 0.242 e. The van der Waals surface area contributed by atoms with Gasteiger partial charge in [0, 0.05) is 25.1 Å². The predicted molar refractivity (Wildman–Crippen MR) is 111 cm³/mol. The highest BCUT2D eigenvalue weighted by molar-refractivity contribution is 5.87. The Balaban J connectivity index is 1.71. The van der Waals surface area contributed by atoms with Crippen LogP contribution in [-0.2, 0) is 22.6 Å². The van der Waals surface area contributed by atoms with Crippen LogP contribution in [-0.4, -0.2) is 36.1 Å². The topological polar surface area (TPSA) is 67.9 Å². The predicted octanol–water partition coefficient (Wildman–Crippen LogP) is 3.43. The average molecular weight is 414 g/mol. The Labute approximate surface area is 176 Å². The van der Waals surface area contributed by atoms with Crippen molar-refractivity contribution < 1.29 is 23.5 Å². The number of aryl methyl sites for hydroxylation is 1. The van der Waals surface area contributed by atoms with Gasteiger partial charge in [0.1, 0.15) is 11.9 Å². The lowest BCUT2D eigenvalue weighted by atomic mass is 10.1. The average Bonchev–Trinajstić information content (AvgIpc) is 3.22. The zero-order valence-electron chi connectivity index (χ0n) is 17.3. The van der Waals surface area contributed by atoms with E-state index in [1.54, 1.807) is 25.1 Å². The van der Waals surface area contributed by atoms with E-state index in [1.165, 1.54) is 11.0 Å². The second-order valence-electron chi connectivity index (χ2n) is 7.27.